The van der Waals surface area contributed by atoms with Crippen molar-refractivity contribution >= 4 is 45.1 Å². The number of piperidine rings is 1. The van der Waals surface area contributed by atoms with E-state index in [1.54, 1.807) is 29.2 Å². The molecule has 1 fully saturated rings. The number of carbonyl (C=O) groups is 2. The summed E-state index contributed by atoms with van der Waals surface area (Å²) in [6.45, 7) is 0.810. The minimum absolute atomic E-state index is 0.124. The van der Waals surface area contributed by atoms with Crippen LogP contribution in [0.1, 0.15) is 23.2 Å². The highest BCUT2D eigenvalue weighted by atomic mass is 79.9. The molecule has 1 amide bonds. The third kappa shape index (κ3) is 4.82. The number of halogens is 1. The van der Waals surface area contributed by atoms with E-state index in [0.717, 1.165) is 4.47 Å². The number of nitro groups is 1. The molecule has 1 aromatic carbocycles. The van der Waals surface area contributed by atoms with Crippen LogP contribution in [-0.4, -0.2) is 47.0 Å². The first-order chi connectivity index (χ1) is 14.4. The Kier molecular flexibility index (Phi) is 6.77. The first-order valence-corrected chi connectivity index (χ1v) is 9.84. The Hall–Kier alpha value is -3.28. The average molecular weight is 479 g/mol. The van der Waals surface area contributed by atoms with Gasteiger partial charge in [-0.1, -0.05) is 15.9 Å². The van der Waals surface area contributed by atoms with Gasteiger partial charge in [0.25, 0.3) is 5.91 Å². The molecule has 1 saturated heterocycles. The number of aromatic nitrogens is 2. The van der Waals surface area contributed by atoms with Crippen molar-refractivity contribution in [2.75, 3.05) is 30.5 Å². The van der Waals surface area contributed by atoms with Crippen molar-refractivity contribution in [2.45, 2.75) is 12.8 Å². The van der Waals surface area contributed by atoms with Crippen LogP contribution in [0.2, 0.25) is 0 Å². The molecule has 3 rings (SSSR count). The van der Waals surface area contributed by atoms with Gasteiger partial charge in [-0.15, -0.1) is 0 Å². The third-order valence-corrected chi connectivity index (χ3v) is 5.24. The molecule has 30 heavy (non-hydrogen) atoms. The number of ether oxygens (including phenoxy) is 1. The Labute approximate surface area is 180 Å². The molecule has 0 bridgehead atoms. The summed E-state index contributed by atoms with van der Waals surface area (Å²) in [5.41, 5.74) is 4.94. The zero-order valence-corrected chi connectivity index (χ0v) is 17.6. The number of esters is 1. The van der Waals surface area contributed by atoms with E-state index in [-0.39, 0.29) is 29.2 Å². The van der Waals surface area contributed by atoms with Gasteiger partial charge >= 0.3 is 11.7 Å². The lowest BCUT2D eigenvalue weighted by molar-refractivity contribution is -0.383. The summed E-state index contributed by atoms with van der Waals surface area (Å²) in [5.74, 6) is -1.01. The summed E-state index contributed by atoms with van der Waals surface area (Å²) in [6, 6.07) is 6.62. The van der Waals surface area contributed by atoms with Gasteiger partial charge in [-0.25, -0.2) is 9.97 Å². The van der Waals surface area contributed by atoms with Crippen LogP contribution in [0.15, 0.2) is 35.1 Å². The lowest BCUT2D eigenvalue weighted by Gasteiger charge is -2.31. The second-order valence-electron chi connectivity index (χ2n) is 6.52. The fraction of sp³-hybridized carbons (Fsp3) is 0.333. The quantitative estimate of drug-likeness (QED) is 0.363. The van der Waals surface area contributed by atoms with Gasteiger partial charge in [0.2, 0.25) is 11.6 Å². The van der Waals surface area contributed by atoms with Crippen LogP contribution in [0.5, 0.6) is 0 Å². The summed E-state index contributed by atoms with van der Waals surface area (Å²) in [5, 5.41) is 11.7. The summed E-state index contributed by atoms with van der Waals surface area (Å²) < 4.78 is 5.58. The van der Waals surface area contributed by atoms with Crippen molar-refractivity contribution in [1.29, 1.82) is 0 Å². The van der Waals surface area contributed by atoms with Crippen LogP contribution in [-0.2, 0) is 9.53 Å². The van der Waals surface area contributed by atoms with Crippen LogP contribution in [0, 0.1) is 16.0 Å². The van der Waals surface area contributed by atoms with Crippen LogP contribution in [0.25, 0.3) is 0 Å². The largest absolute Gasteiger partial charge is 0.469 e. The molecule has 1 aliphatic heterocycles. The Morgan fingerprint density at radius 2 is 1.90 bits per heavy atom. The fourth-order valence-corrected chi connectivity index (χ4v) is 3.41. The molecule has 1 aromatic heterocycles. The second-order valence-corrected chi connectivity index (χ2v) is 7.44. The normalized spacial score (nSPS) is 14.1. The number of nitrogens with one attached hydrogen (secondary N) is 2. The molecule has 2 heterocycles. The minimum Gasteiger partial charge on any atom is -0.469 e. The van der Waals surface area contributed by atoms with E-state index in [2.05, 4.69) is 36.7 Å². The molecule has 2 aromatic rings. The molecule has 0 unspecified atom stereocenters. The van der Waals surface area contributed by atoms with Crippen LogP contribution < -0.4 is 15.8 Å². The minimum atomic E-state index is -0.601. The average Bonchev–Trinajstić information content (AvgIpc) is 2.77. The molecule has 0 aliphatic carbocycles. The maximum atomic E-state index is 12.3. The Morgan fingerprint density at radius 3 is 2.50 bits per heavy atom. The highest BCUT2D eigenvalue weighted by Crippen LogP contribution is 2.33. The smallest absolute Gasteiger partial charge is 0.355 e. The van der Waals surface area contributed by atoms with E-state index in [4.69, 9.17) is 4.74 Å². The predicted molar refractivity (Wildman–Crippen MR) is 111 cm³/mol. The van der Waals surface area contributed by atoms with Gasteiger partial charge in [-0.2, -0.15) is 0 Å². The second kappa shape index (κ2) is 9.48. The highest BCUT2D eigenvalue weighted by molar-refractivity contribution is 9.10. The molecule has 0 radical (unpaired) electrons. The van der Waals surface area contributed by atoms with Gasteiger partial charge in [0.1, 0.15) is 6.33 Å². The summed E-state index contributed by atoms with van der Waals surface area (Å²) >= 11 is 3.29. The van der Waals surface area contributed by atoms with E-state index in [0.29, 0.717) is 31.5 Å². The third-order valence-electron chi connectivity index (χ3n) is 4.72. The maximum Gasteiger partial charge on any atom is 0.355 e. The molecular formula is C18H19BrN6O5. The van der Waals surface area contributed by atoms with E-state index in [1.165, 1.54) is 13.4 Å². The molecule has 11 nitrogen and oxygen atoms in total. The van der Waals surface area contributed by atoms with Crippen molar-refractivity contribution in [3.8, 4) is 0 Å². The van der Waals surface area contributed by atoms with Gasteiger partial charge < -0.3 is 9.64 Å². The highest BCUT2D eigenvalue weighted by Gasteiger charge is 2.32. The topological polar surface area (TPSA) is 140 Å². The van der Waals surface area contributed by atoms with Crippen LogP contribution in [0.4, 0.5) is 17.3 Å². The number of nitrogens with zero attached hydrogens (tertiary/aromatic N) is 4. The van der Waals surface area contributed by atoms with Crippen molar-refractivity contribution in [1.82, 2.24) is 15.4 Å². The van der Waals surface area contributed by atoms with Crippen molar-refractivity contribution in [3.63, 3.8) is 0 Å². The molecule has 158 valence electrons. The molecule has 0 saturated carbocycles. The number of hydrogen-bond donors (Lipinski definition) is 2. The summed E-state index contributed by atoms with van der Waals surface area (Å²) in [4.78, 5) is 44.8. The van der Waals surface area contributed by atoms with Gasteiger partial charge in [0.05, 0.1) is 18.0 Å². The van der Waals surface area contributed by atoms with Crippen LogP contribution in [0.3, 0.4) is 0 Å². The zero-order valence-electron chi connectivity index (χ0n) is 16.0. The first-order valence-electron chi connectivity index (χ1n) is 9.04. The lowest BCUT2D eigenvalue weighted by Crippen LogP contribution is -2.38. The number of hydrogen-bond acceptors (Lipinski definition) is 9. The monoisotopic (exact) mass is 478 g/mol. The van der Waals surface area contributed by atoms with E-state index in [9.17, 15) is 19.7 Å². The number of anilines is 2. The lowest BCUT2D eigenvalue weighted by atomic mass is 9.97. The van der Waals surface area contributed by atoms with Gasteiger partial charge in [-0.05, 0) is 37.1 Å². The molecule has 1 aliphatic rings. The van der Waals surface area contributed by atoms with Gasteiger partial charge in [0.15, 0.2) is 0 Å². The maximum absolute atomic E-state index is 12.3. The van der Waals surface area contributed by atoms with Crippen LogP contribution >= 0.6 is 15.9 Å². The molecule has 12 heteroatoms. The van der Waals surface area contributed by atoms with E-state index in [1.807, 2.05) is 0 Å². The van der Waals surface area contributed by atoms with Gasteiger partial charge in [0, 0.05) is 23.1 Å². The Morgan fingerprint density at radius 1 is 1.23 bits per heavy atom. The number of methoxy groups -OCH3 is 1. The summed E-state index contributed by atoms with van der Waals surface area (Å²) in [6.07, 6.45) is 2.18. The van der Waals surface area contributed by atoms with E-state index >= 15 is 0 Å². The molecule has 0 atom stereocenters. The predicted octanol–water partition coefficient (Wildman–Crippen LogP) is 2.29. The molecule has 0 spiro atoms. The molecule has 2 N–H and O–H groups in total. The number of carbonyl (C=O) groups excluding carboxylic acids is 2. The van der Waals surface area contributed by atoms with Gasteiger partial charge in [-0.3, -0.25) is 30.6 Å². The zero-order chi connectivity index (χ0) is 21.7. The number of benzene rings is 1. The van der Waals surface area contributed by atoms with E-state index < -0.39 is 10.8 Å². The van der Waals surface area contributed by atoms with Crippen molar-refractivity contribution in [3.05, 3.63) is 50.7 Å². The Balaban J connectivity index is 1.75. The number of amides is 1. The standard InChI is InChI=1S/C18H19BrN6O5/c1-30-18(27)12-6-8-24(9-7-12)16-14(25(28)29)15(20-10-21-16)22-23-17(26)11-2-4-13(19)5-3-11/h2-5,10,12H,6-9H2,1H3,(H,23,26)(H,20,21,22). The van der Waals surface area contributed by atoms with Crippen molar-refractivity contribution < 1.29 is 19.2 Å². The fourth-order valence-electron chi connectivity index (χ4n) is 3.14. The SMILES string of the molecule is COC(=O)C1CCN(c2ncnc(NNC(=O)c3ccc(Br)cc3)c2[N+](=O)[O-])CC1. The first kappa shape index (κ1) is 21.4. The summed E-state index contributed by atoms with van der Waals surface area (Å²) in [7, 11) is 1.34. The van der Waals surface area contributed by atoms with Crippen molar-refractivity contribution in [2.24, 2.45) is 5.92 Å². The number of rotatable bonds is 6. The number of hydrazine groups is 1. The molecular weight excluding hydrogens is 460 g/mol. The Bertz CT molecular complexity index is 947.